The van der Waals surface area contributed by atoms with Gasteiger partial charge in [0.2, 0.25) is 10.0 Å². The van der Waals surface area contributed by atoms with Crippen LogP contribution >= 0.6 is 34.8 Å². The van der Waals surface area contributed by atoms with E-state index >= 15 is 0 Å². The summed E-state index contributed by atoms with van der Waals surface area (Å²) in [5.74, 6) is 0. The summed E-state index contributed by atoms with van der Waals surface area (Å²) in [6, 6.07) is 20.4. The third kappa shape index (κ3) is 4.98. The Morgan fingerprint density at radius 1 is 0.750 bits per heavy atom. The average Bonchev–Trinajstić information content (AvgIpc) is 2.79. The molecule has 0 aromatic heterocycles. The highest BCUT2D eigenvalue weighted by Crippen LogP contribution is 2.32. The molecule has 32 heavy (non-hydrogen) atoms. The van der Waals surface area contributed by atoms with Crippen LogP contribution in [0, 0.1) is 6.92 Å². The molecule has 0 aliphatic carbocycles. The van der Waals surface area contributed by atoms with Crippen molar-refractivity contribution in [1.29, 1.82) is 0 Å². The first kappa shape index (κ1) is 23.6. The van der Waals surface area contributed by atoms with Gasteiger partial charge >= 0.3 is 0 Å². The summed E-state index contributed by atoms with van der Waals surface area (Å²) in [6.45, 7) is 3.83. The Bertz CT molecular complexity index is 1150. The van der Waals surface area contributed by atoms with E-state index in [0.29, 0.717) is 41.2 Å². The van der Waals surface area contributed by atoms with Gasteiger partial charge in [-0.15, -0.1) is 0 Å². The lowest BCUT2D eigenvalue weighted by Gasteiger charge is -2.39. The Balaban J connectivity index is 1.57. The number of sulfonamides is 1. The first-order chi connectivity index (χ1) is 15.3. The predicted octanol–water partition coefficient (Wildman–Crippen LogP) is 6.05. The van der Waals surface area contributed by atoms with E-state index in [1.165, 1.54) is 10.4 Å². The topological polar surface area (TPSA) is 40.6 Å². The smallest absolute Gasteiger partial charge is 0.243 e. The second kappa shape index (κ2) is 9.72. The van der Waals surface area contributed by atoms with E-state index in [1.807, 2.05) is 55.5 Å². The second-order valence-corrected chi connectivity index (χ2v) is 11.1. The Kier molecular flexibility index (Phi) is 7.15. The van der Waals surface area contributed by atoms with E-state index in [-0.39, 0.29) is 10.9 Å². The van der Waals surface area contributed by atoms with Crippen molar-refractivity contribution in [3.05, 3.63) is 98.5 Å². The molecule has 0 amide bonds. The largest absolute Gasteiger partial charge is 0.290 e. The number of rotatable bonds is 5. The zero-order chi connectivity index (χ0) is 22.9. The Morgan fingerprint density at radius 2 is 1.25 bits per heavy atom. The molecule has 3 aromatic rings. The zero-order valence-corrected chi connectivity index (χ0v) is 20.6. The van der Waals surface area contributed by atoms with Crippen molar-refractivity contribution in [3.63, 3.8) is 0 Å². The van der Waals surface area contributed by atoms with Gasteiger partial charge in [-0.25, -0.2) is 8.42 Å². The third-order valence-corrected chi connectivity index (χ3v) is 8.60. The molecule has 0 unspecified atom stereocenters. The van der Waals surface area contributed by atoms with Crippen LogP contribution in [0.3, 0.4) is 0 Å². The van der Waals surface area contributed by atoms with Gasteiger partial charge in [0.05, 0.1) is 10.9 Å². The van der Waals surface area contributed by atoms with Crippen LogP contribution in [0.4, 0.5) is 0 Å². The van der Waals surface area contributed by atoms with Crippen LogP contribution in [-0.2, 0) is 10.0 Å². The van der Waals surface area contributed by atoms with Crippen LogP contribution in [0.2, 0.25) is 15.1 Å². The van der Waals surface area contributed by atoms with Gasteiger partial charge in [0.15, 0.2) is 0 Å². The molecule has 4 rings (SSSR count). The zero-order valence-electron chi connectivity index (χ0n) is 17.5. The molecule has 0 radical (unpaired) electrons. The highest BCUT2D eigenvalue weighted by Gasteiger charge is 2.32. The van der Waals surface area contributed by atoms with Crippen molar-refractivity contribution in [3.8, 4) is 0 Å². The predicted molar refractivity (Wildman–Crippen MR) is 131 cm³/mol. The Morgan fingerprint density at radius 3 is 1.72 bits per heavy atom. The molecule has 0 atom stereocenters. The molecule has 168 valence electrons. The van der Waals surface area contributed by atoms with Crippen LogP contribution < -0.4 is 0 Å². The number of hydrogen-bond acceptors (Lipinski definition) is 3. The van der Waals surface area contributed by atoms with Gasteiger partial charge in [-0.05, 0) is 60.0 Å². The highest BCUT2D eigenvalue weighted by atomic mass is 35.5. The van der Waals surface area contributed by atoms with E-state index in [4.69, 9.17) is 34.8 Å². The fourth-order valence-corrected chi connectivity index (χ4v) is 5.94. The summed E-state index contributed by atoms with van der Waals surface area (Å²) in [5.41, 5.74) is 3.04. The minimum atomic E-state index is -3.60. The van der Waals surface area contributed by atoms with Gasteiger partial charge in [0.1, 0.15) is 0 Å². The number of benzene rings is 3. The van der Waals surface area contributed by atoms with Gasteiger partial charge in [-0.3, -0.25) is 4.90 Å². The molecule has 0 bridgehead atoms. The molecule has 8 heteroatoms. The lowest BCUT2D eigenvalue weighted by Crippen LogP contribution is -2.49. The fraction of sp³-hybridized carbons (Fsp3) is 0.250. The average molecular weight is 510 g/mol. The summed E-state index contributed by atoms with van der Waals surface area (Å²) in [4.78, 5) is 2.52. The Hall–Kier alpha value is -1.60. The van der Waals surface area contributed by atoms with E-state index in [9.17, 15) is 8.42 Å². The molecule has 4 nitrogen and oxygen atoms in total. The van der Waals surface area contributed by atoms with Crippen LogP contribution in [0.5, 0.6) is 0 Å². The minimum Gasteiger partial charge on any atom is -0.290 e. The van der Waals surface area contributed by atoms with Crippen molar-refractivity contribution in [2.24, 2.45) is 0 Å². The molecular weight excluding hydrogens is 487 g/mol. The van der Waals surface area contributed by atoms with Crippen LogP contribution in [0.15, 0.2) is 71.6 Å². The minimum absolute atomic E-state index is 0.0248. The summed E-state index contributed by atoms with van der Waals surface area (Å²) >= 11 is 18.4. The molecule has 0 N–H and O–H groups in total. The normalized spacial score (nSPS) is 15.9. The molecular formula is C24H23Cl3N2O2S. The maximum atomic E-state index is 13.2. The van der Waals surface area contributed by atoms with E-state index in [1.54, 1.807) is 12.1 Å². The second-order valence-electron chi connectivity index (χ2n) is 7.86. The van der Waals surface area contributed by atoms with Gasteiger partial charge in [0, 0.05) is 41.2 Å². The summed E-state index contributed by atoms with van der Waals surface area (Å²) < 4.78 is 27.9. The number of halogens is 3. The third-order valence-electron chi connectivity index (χ3n) is 5.79. The van der Waals surface area contributed by atoms with E-state index in [0.717, 1.165) is 16.7 Å². The van der Waals surface area contributed by atoms with Crippen LogP contribution in [0.1, 0.15) is 22.7 Å². The van der Waals surface area contributed by atoms with Gasteiger partial charge in [-0.1, -0.05) is 65.1 Å². The first-order valence-corrected chi connectivity index (χ1v) is 12.8. The lowest BCUT2D eigenvalue weighted by atomic mass is 9.96. The molecule has 1 fully saturated rings. The summed E-state index contributed by atoms with van der Waals surface area (Å²) in [7, 11) is -3.60. The fourth-order valence-electron chi connectivity index (χ4n) is 3.99. The maximum Gasteiger partial charge on any atom is 0.243 e. The molecule has 0 saturated carbocycles. The molecule has 1 saturated heterocycles. The van der Waals surface area contributed by atoms with Crippen molar-refractivity contribution in [2.45, 2.75) is 17.9 Å². The summed E-state index contributed by atoms with van der Waals surface area (Å²) in [6.07, 6.45) is 0. The van der Waals surface area contributed by atoms with E-state index in [2.05, 4.69) is 4.90 Å². The van der Waals surface area contributed by atoms with Gasteiger partial charge in [0.25, 0.3) is 0 Å². The van der Waals surface area contributed by atoms with E-state index < -0.39 is 10.0 Å². The monoisotopic (exact) mass is 508 g/mol. The van der Waals surface area contributed by atoms with Gasteiger partial charge in [-0.2, -0.15) is 4.31 Å². The maximum absolute atomic E-state index is 13.2. The molecule has 3 aromatic carbocycles. The number of nitrogens with zero attached hydrogens (tertiary/aromatic N) is 2. The highest BCUT2D eigenvalue weighted by molar-refractivity contribution is 7.89. The standard InChI is InChI=1S/C24H23Cl3N2O2S/c1-17-2-11-22(16-23(17)27)32(30,31)29-14-12-28(13-15-29)24(18-3-7-20(25)8-4-18)19-5-9-21(26)10-6-19/h2-11,16,24H,12-15H2,1H3. The first-order valence-electron chi connectivity index (χ1n) is 10.3. The molecule has 1 heterocycles. The molecule has 1 aliphatic rings. The number of piperazine rings is 1. The number of hydrogen-bond donors (Lipinski definition) is 0. The quantitative estimate of drug-likeness (QED) is 0.420. The SMILES string of the molecule is Cc1ccc(S(=O)(=O)N2CCN(C(c3ccc(Cl)cc3)c3ccc(Cl)cc3)CC2)cc1Cl. The van der Waals surface area contributed by atoms with Crippen molar-refractivity contribution in [1.82, 2.24) is 9.21 Å². The van der Waals surface area contributed by atoms with Crippen molar-refractivity contribution in [2.75, 3.05) is 26.2 Å². The van der Waals surface area contributed by atoms with Crippen LogP contribution in [0.25, 0.3) is 0 Å². The van der Waals surface area contributed by atoms with Crippen LogP contribution in [-0.4, -0.2) is 43.8 Å². The summed E-state index contributed by atoms with van der Waals surface area (Å²) in [5, 5.41) is 1.81. The Labute approximate surface area is 204 Å². The lowest BCUT2D eigenvalue weighted by molar-refractivity contribution is 0.156. The van der Waals surface area contributed by atoms with Gasteiger partial charge < -0.3 is 0 Å². The number of aryl methyl sites for hydroxylation is 1. The molecule has 0 spiro atoms. The van der Waals surface area contributed by atoms with Crippen molar-refractivity contribution >= 4 is 44.8 Å². The van der Waals surface area contributed by atoms with Crippen molar-refractivity contribution < 1.29 is 8.42 Å². The molecule has 1 aliphatic heterocycles.